The van der Waals surface area contributed by atoms with Crippen molar-refractivity contribution in [1.82, 2.24) is 5.32 Å². The van der Waals surface area contributed by atoms with Crippen molar-refractivity contribution in [3.05, 3.63) is 53.1 Å². The summed E-state index contributed by atoms with van der Waals surface area (Å²) in [5, 5.41) is 2.77. The average molecular weight is 401 g/mol. The van der Waals surface area contributed by atoms with Crippen LogP contribution in [0.2, 0.25) is 0 Å². The van der Waals surface area contributed by atoms with Crippen molar-refractivity contribution in [2.75, 3.05) is 27.4 Å². The quantitative estimate of drug-likeness (QED) is 0.650. The molecule has 0 aliphatic rings. The molecule has 0 saturated carbocycles. The molecule has 0 radical (unpaired) electrons. The molecule has 0 spiro atoms. The van der Waals surface area contributed by atoms with Crippen LogP contribution in [0, 0.1) is 13.8 Å². The highest BCUT2D eigenvalue weighted by molar-refractivity contribution is 5.81. The first-order chi connectivity index (χ1) is 13.8. The molecular formula is C22H27NO6. The molecule has 0 aromatic heterocycles. The number of aryl methyl sites for hydroxylation is 2. The van der Waals surface area contributed by atoms with Crippen LogP contribution < -0.4 is 19.5 Å². The van der Waals surface area contributed by atoms with Crippen LogP contribution in [0.3, 0.4) is 0 Å². The largest absolute Gasteiger partial charge is 0.497 e. The Morgan fingerprint density at radius 3 is 2.34 bits per heavy atom. The number of methoxy groups -OCH3 is 2. The third-order valence-electron chi connectivity index (χ3n) is 4.32. The summed E-state index contributed by atoms with van der Waals surface area (Å²) in [7, 11) is 3.12. The maximum Gasteiger partial charge on any atom is 0.344 e. The Bertz CT molecular complexity index is 864. The Morgan fingerprint density at radius 1 is 0.966 bits per heavy atom. The van der Waals surface area contributed by atoms with E-state index in [0.29, 0.717) is 17.2 Å². The molecule has 0 aliphatic heterocycles. The van der Waals surface area contributed by atoms with Gasteiger partial charge in [0.15, 0.2) is 13.2 Å². The van der Waals surface area contributed by atoms with Crippen LogP contribution in [0.1, 0.15) is 29.7 Å². The van der Waals surface area contributed by atoms with Gasteiger partial charge in [-0.2, -0.15) is 0 Å². The SMILES string of the molecule is COc1ccc(OC)c([C@H](C)NC(=O)COC(=O)COc2ccc(C)cc2C)c1. The maximum atomic E-state index is 12.1. The Labute approximate surface area is 170 Å². The minimum absolute atomic E-state index is 0.267. The summed E-state index contributed by atoms with van der Waals surface area (Å²) < 4.78 is 21.0. The predicted molar refractivity (Wildman–Crippen MR) is 108 cm³/mol. The number of nitrogens with one attached hydrogen (secondary N) is 1. The van der Waals surface area contributed by atoms with Crippen LogP contribution in [0.25, 0.3) is 0 Å². The maximum absolute atomic E-state index is 12.1. The molecule has 0 saturated heterocycles. The highest BCUT2D eigenvalue weighted by atomic mass is 16.6. The van der Waals surface area contributed by atoms with Gasteiger partial charge in [0.2, 0.25) is 0 Å². The van der Waals surface area contributed by atoms with Gasteiger partial charge in [0, 0.05) is 5.56 Å². The second-order valence-corrected chi connectivity index (χ2v) is 6.62. The minimum atomic E-state index is -0.619. The van der Waals surface area contributed by atoms with Gasteiger partial charge in [-0.05, 0) is 50.6 Å². The molecule has 7 nitrogen and oxygen atoms in total. The zero-order valence-corrected chi connectivity index (χ0v) is 17.4. The molecular weight excluding hydrogens is 374 g/mol. The standard InChI is InChI=1S/C22H27NO6/c1-14-6-8-19(15(2)10-14)28-13-22(25)29-12-21(24)23-16(3)18-11-17(26-4)7-9-20(18)27-5/h6-11,16H,12-13H2,1-5H3,(H,23,24)/t16-/m0/s1. The van der Waals surface area contributed by atoms with E-state index in [9.17, 15) is 9.59 Å². The summed E-state index contributed by atoms with van der Waals surface area (Å²) >= 11 is 0. The first kappa shape index (κ1) is 22.1. The summed E-state index contributed by atoms with van der Waals surface area (Å²) in [4.78, 5) is 24.0. The minimum Gasteiger partial charge on any atom is -0.497 e. The lowest BCUT2D eigenvalue weighted by Gasteiger charge is -2.18. The smallest absolute Gasteiger partial charge is 0.344 e. The number of amides is 1. The fourth-order valence-electron chi connectivity index (χ4n) is 2.82. The van der Waals surface area contributed by atoms with E-state index in [-0.39, 0.29) is 12.6 Å². The molecule has 0 unspecified atom stereocenters. The summed E-state index contributed by atoms with van der Waals surface area (Å²) in [6.45, 7) is 5.02. The topological polar surface area (TPSA) is 83.1 Å². The van der Waals surface area contributed by atoms with Gasteiger partial charge in [0.05, 0.1) is 20.3 Å². The number of carbonyl (C=O) groups excluding carboxylic acids is 2. The zero-order chi connectivity index (χ0) is 21.4. The summed E-state index contributed by atoms with van der Waals surface area (Å²) in [6, 6.07) is 10.6. The fraction of sp³-hybridized carbons (Fsp3) is 0.364. The van der Waals surface area contributed by atoms with Crippen LogP contribution in [-0.2, 0) is 14.3 Å². The number of benzene rings is 2. The Kier molecular flexibility index (Phi) is 7.88. The highest BCUT2D eigenvalue weighted by Crippen LogP contribution is 2.29. The summed E-state index contributed by atoms with van der Waals surface area (Å²) in [5.74, 6) is 0.832. The van der Waals surface area contributed by atoms with Crippen molar-refractivity contribution in [3.63, 3.8) is 0 Å². The van der Waals surface area contributed by atoms with E-state index in [0.717, 1.165) is 16.7 Å². The van der Waals surface area contributed by atoms with Gasteiger partial charge in [-0.3, -0.25) is 4.79 Å². The van der Waals surface area contributed by atoms with E-state index in [1.165, 1.54) is 0 Å². The van der Waals surface area contributed by atoms with Crippen molar-refractivity contribution >= 4 is 11.9 Å². The highest BCUT2D eigenvalue weighted by Gasteiger charge is 2.16. The van der Waals surface area contributed by atoms with Crippen molar-refractivity contribution < 1.29 is 28.5 Å². The molecule has 0 fully saturated rings. The third-order valence-corrected chi connectivity index (χ3v) is 4.32. The molecule has 2 rings (SSSR count). The van der Waals surface area contributed by atoms with Gasteiger partial charge < -0.3 is 24.3 Å². The van der Waals surface area contributed by atoms with Gasteiger partial charge in [0.25, 0.3) is 5.91 Å². The zero-order valence-electron chi connectivity index (χ0n) is 17.4. The average Bonchev–Trinajstić information content (AvgIpc) is 2.71. The van der Waals surface area contributed by atoms with Gasteiger partial charge in [0.1, 0.15) is 17.2 Å². The molecule has 7 heteroatoms. The molecule has 0 heterocycles. The number of esters is 1. The van der Waals surface area contributed by atoms with Gasteiger partial charge >= 0.3 is 5.97 Å². The molecule has 1 amide bonds. The number of hydrogen-bond acceptors (Lipinski definition) is 6. The Morgan fingerprint density at radius 2 is 1.69 bits per heavy atom. The summed E-state index contributed by atoms with van der Waals surface area (Å²) in [6.07, 6.45) is 0. The lowest BCUT2D eigenvalue weighted by Crippen LogP contribution is -2.32. The van der Waals surface area contributed by atoms with Crippen LogP contribution in [-0.4, -0.2) is 39.3 Å². The molecule has 1 N–H and O–H groups in total. The van der Waals surface area contributed by atoms with Crippen molar-refractivity contribution in [3.8, 4) is 17.2 Å². The fourth-order valence-corrected chi connectivity index (χ4v) is 2.82. The number of hydrogen-bond donors (Lipinski definition) is 1. The molecule has 29 heavy (non-hydrogen) atoms. The van der Waals surface area contributed by atoms with E-state index in [1.807, 2.05) is 26.0 Å². The molecule has 2 aromatic rings. The molecule has 0 bridgehead atoms. The number of carbonyl (C=O) groups is 2. The van der Waals surface area contributed by atoms with Crippen molar-refractivity contribution in [2.45, 2.75) is 26.8 Å². The van der Waals surface area contributed by atoms with E-state index in [2.05, 4.69) is 5.32 Å². The molecule has 1 atom stereocenters. The van der Waals surface area contributed by atoms with Crippen LogP contribution in [0.5, 0.6) is 17.2 Å². The third kappa shape index (κ3) is 6.41. The molecule has 2 aromatic carbocycles. The molecule has 156 valence electrons. The van der Waals surface area contributed by atoms with Crippen molar-refractivity contribution in [1.29, 1.82) is 0 Å². The van der Waals surface area contributed by atoms with Gasteiger partial charge in [-0.1, -0.05) is 17.7 Å². The Hall–Kier alpha value is -3.22. The first-order valence-electron chi connectivity index (χ1n) is 9.21. The second-order valence-electron chi connectivity index (χ2n) is 6.62. The number of ether oxygens (including phenoxy) is 4. The van der Waals surface area contributed by atoms with Crippen LogP contribution in [0.15, 0.2) is 36.4 Å². The second kappa shape index (κ2) is 10.4. The normalized spacial score (nSPS) is 11.3. The predicted octanol–water partition coefficient (Wildman–Crippen LogP) is 3.12. The first-order valence-corrected chi connectivity index (χ1v) is 9.21. The van der Waals surface area contributed by atoms with Crippen LogP contribution >= 0.6 is 0 Å². The lowest BCUT2D eigenvalue weighted by atomic mass is 10.1. The van der Waals surface area contributed by atoms with E-state index >= 15 is 0 Å². The van der Waals surface area contributed by atoms with E-state index in [1.54, 1.807) is 45.4 Å². The summed E-state index contributed by atoms with van der Waals surface area (Å²) in [5.41, 5.74) is 2.79. The Balaban J connectivity index is 1.83. The number of rotatable bonds is 9. The van der Waals surface area contributed by atoms with Crippen LogP contribution in [0.4, 0.5) is 0 Å². The van der Waals surface area contributed by atoms with E-state index in [4.69, 9.17) is 18.9 Å². The van der Waals surface area contributed by atoms with Gasteiger partial charge in [-0.15, -0.1) is 0 Å². The lowest BCUT2D eigenvalue weighted by molar-refractivity contribution is -0.150. The van der Waals surface area contributed by atoms with E-state index < -0.39 is 18.5 Å². The molecule has 0 aliphatic carbocycles. The van der Waals surface area contributed by atoms with Gasteiger partial charge in [-0.25, -0.2) is 4.79 Å². The monoisotopic (exact) mass is 401 g/mol. The van der Waals surface area contributed by atoms with Crippen molar-refractivity contribution in [2.24, 2.45) is 0 Å².